The molecular weight excluding hydrogens is 468 g/mol. The molecule has 0 unspecified atom stereocenters. The second kappa shape index (κ2) is 12.9. The van der Waals surface area contributed by atoms with Crippen molar-refractivity contribution in [2.24, 2.45) is 0 Å². The molecule has 14 heteroatoms. The van der Waals surface area contributed by atoms with Crippen LogP contribution < -0.4 is 15.4 Å². The zero-order valence-corrected chi connectivity index (χ0v) is 19.0. The van der Waals surface area contributed by atoms with Gasteiger partial charge in [0, 0.05) is 26.1 Å². The van der Waals surface area contributed by atoms with Crippen molar-refractivity contribution in [1.82, 2.24) is 9.97 Å². The van der Waals surface area contributed by atoms with Crippen molar-refractivity contribution in [3.63, 3.8) is 0 Å². The van der Waals surface area contributed by atoms with Gasteiger partial charge in [-0.3, -0.25) is 9.59 Å². The summed E-state index contributed by atoms with van der Waals surface area (Å²) in [4.78, 5) is 39.8. The SMILES string of the molecule is Cc1ncc(C[n+]2csc(CCO)c2C)c(N)n1.Cl.O=C(O)CC(O)(CC(=O)O)C(=O)[O-]. The number of aliphatic hydroxyl groups is 2. The minimum atomic E-state index is -2.85. The van der Waals surface area contributed by atoms with Crippen molar-refractivity contribution in [2.45, 2.75) is 45.3 Å². The number of carbonyl (C=O) groups is 3. The average Bonchev–Trinajstić information content (AvgIpc) is 2.97. The molecule has 6 N–H and O–H groups in total. The molecule has 32 heavy (non-hydrogen) atoms. The third kappa shape index (κ3) is 8.70. The number of hydrogen-bond acceptors (Lipinski definition) is 10. The number of anilines is 1. The summed E-state index contributed by atoms with van der Waals surface area (Å²) in [6.07, 6.45) is 0.0557. The number of thiazole rings is 1. The summed E-state index contributed by atoms with van der Waals surface area (Å²) < 4.78 is 2.11. The van der Waals surface area contributed by atoms with E-state index < -0.39 is 36.4 Å². The third-order valence-corrected chi connectivity index (χ3v) is 5.27. The number of hydrogen-bond donors (Lipinski definition) is 5. The molecule has 0 aliphatic rings. The Bertz CT molecular complexity index is 937. The maximum Gasteiger partial charge on any atom is 0.306 e. The van der Waals surface area contributed by atoms with Crippen molar-refractivity contribution < 1.29 is 44.5 Å². The molecule has 178 valence electrons. The van der Waals surface area contributed by atoms with E-state index in [0.29, 0.717) is 24.6 Å². The number of aromatic nitrogens is 3. The van der Waals surface area contributed by atoms with Crippen LogP contribution in [0.25, 0.3) is 0 Å². The number of aliphatic hydroxyl groups excluding tert-OH is 1. The van der Waals surface area contributed by atoms with Crippen molar-refractivity contribution in [2.75, 3.05) is 12.3 Å². The molecule has 0 spiro atoms. The lowest BCUT2D eigenvalue weighted by molar-refractivity contribution is -0.689. The minimum Gasteiger partial charge on any atom is -0.547 e. The Morgan fingerprint density at radius 2 is 1.78 bits per heavy atom. The minimum absolute atomic E-state index is 0. The quantitative estimate of drug-likeness (QED) is 0.253. The van der Waals surface area contributed by atoms with Gasteiger partial charge in [-0.15, -0.1) is 12.4 Å². The van der Waals surface area contributed by atoms with E-state index in [4.69, 9.17) is 26.2 Å². The van der Waals surface area contributed by atoms with Gasteiger partial charge in [0.05, 0.1) is 29.3 Å². The number of nitrogen functional groups attached to an aromatic ring is 1. The standard InChI is InChI=1S/C12H17N4OS.C6H8O7.ClH/c1-8-11(3-4-17)18-7-16(8)6-10-5-14-9(2)15-12(10)13;7-3(8)1-6(13,5(11)12)2-4(9)10;/h5,7,17H,3-4,6H2,1-2H3,(H2,13,14,15);13H,1-2H2,(H,7,8)(H,9,10)(H,11,12);1H/q+1;;/p-1. The first-order chi connectivity index (χ1) is 14.4. The first-order valence-corrected chi connectivity index (χ1v) is 9.80. The van der Waals surface area contributed by atoms with Gasteiger partial charge in [0.2, 0.25) is 5.51 Å². The Hall–Kier alpha value is -2.87. The molecule has 0 fully saturated rings. The zero-order chi connectivity index (χ0) is 23.8. The van der Waals surface area contributed by atoms with E-state index in [1.165, 1.54) is 4.88 Å². The Morgan fingerprint density at radius 3 is 2.22 bits per heavy atom. The second-order valence-corrected chi connectivity index (χ2v) is 7.56. The molecule has 2 aromatic heterocycles. The number of halogens is 1. The molecule has 0 amide bonds. The van der Waals surface area contributed by atoms with Gasteiger partial charge in [-0.1, -0.05) is 11.3 Å². The van der Waals surface area contributed by atoms with Crippen LogP contribution in [0.4, 0.5) is 5.82 Å². The highest BCUT2D eigenvalue weighted by atomic mass is 35.5. The number of carboxylic acid groups (broad SMARTS) is 3. The molecule has 0 aliphatic carbocycles. The number of nitrogens with zero attached hydrogens (tertiary/aromatic N) is 3. The molecule has 12 nitrogen and oxygen atoms in total. The van der Waals surface area contributed by atoms with E-state index in [0.717, 1.165) is 11.3 Å². The van der Waals surface area contributed by atoms with Crippen LogP contribution in [0.2, 0.25) is 0 Å². The molecule has 2 aromatic rings. The topological polar surface area (TPSA) is 211 Å². The van der Waals surface area contributed by atoms with Gasteiger partial charge in [-0.25, -0.2) is 9.97 Å². The maximum absolute atomic E-state index is 10.2. The summed E-state index contributed by atoms with van der Waals surface area (Å²) in [6, 6.07) is 0. The van der Waals surface area contributed by atoms with Gasteiger partial charge < -0.3 is 36.1 Å². The Morgan fingerprint density at radius 1 is 1.22 bits per heavy atom. The Kier molecular flexibility index (Phi) is 11.7. The number of carboxylic acids is 3. The molecule has 2 rings (SSSR count). The van der Waals surface area contributed by atoms with Crippen molar-refractivity contribution in [3.05, 3.63) is 33.7 Å². The normalized spacial score (nSPS) is 10.5. The number of rotatable bonds is 9. The lowest BCUT2D eigenvalue weighted by atomic mass is 9.96. The fourth-order valence-corrected chi connectivity index (χ4v) is 3.46. The highest BCUT2D eigenvalue weighted by Gasteiger charge is 2.34. The van der Waals surface area contributed by atoms with Crippen LogP contribution in [-0.2, 0) is 27.3 Å². The lowest BCUT2D eigenvalue weighted by Gasteiger charge is -2.25. The summed E-state index contributed by atoms with van der Waals surface area (Å²) in [7, 11) is 0. The van der Waals surface area contributed by atoms with E-state index in [1.54, 1.807) is 17.5 Å². The number of aryl methyl sites for hydroxylation is 1. The van der Waals surface area contributed by atoms with Crippen LogP contribution in [0.5, 0.6) is 0 Å². The zero-order valence-electron chi connectivity index (χ0n) is 17.3. The van der Waals surface area contributed by atoms with Gasteiger partial charge in [0.25, 0.3) is 0 Å². The first-order valence-electron chi connectivity index (χ1n) is 8.92. The summed E-state index contributed by atoms with van der Waals surface area (Å²) in [5, 5.41) is 44.5. The number of aliphatic carboxylic acids is 3. The average molecular weight is 493 g/mol. The second-order valence-electron chi connectivity index (χ2n) is 6.62. The molecular formula is C18H25ClN4O8S. The lowest BCUT2D eigenvalue weighted by Crippen LogP contribution is -2.51. The van der Waals surface area contributed by atoms with Gasteiger partial charge in [-0.2, -0.15) is 4.57 Å². The molecule has 0 bridgehead atoms. The maximum atomic E-state index is 10.2. The predicted octanol–water partition coefficient (Wildman–Crippen LogP) is -1.55. The fourth-order valence-electron chi connectivity index (χ4n) is 2.47. The number of carbonyl (C=O) groups excluding carboxylic acids is 1. The number of nitrogens with two attached hydrogens (primary N) is 1. The van der Waals surface area contributed by atoms with Crippen LogP contribution in [0.1, 0.15) is 34.8 Å². The first kappa shape index (κ1) is 29.1. The Labute approximate surface area is 193 Å². The molecule has 0 atom stereocenters. The molecule has 2 heterocycles. The molecule has 0 radical (unpaired) electrons. The van der Waals surface area contributed by atoms with Crippen LogP contribution in [0, 0.1) is 13.8 Å². The largest absolute Gasteiger partial charge is 0.547 e. The van der Waals surface area contributed by atoms with Crippen LogP contribution in [-0.4, -0.2) is 60.5 Å². The highest BCUT2D eigenvalue weighted by Crippen LogP contribution is 2.15. The van der Waals surface area contributed by atoms with Crippen LogP contribution >= 0.6 is 23.7 Å². The monoisotopic (exact) mass is 492 g/mol. The summed E-state index contributed by atoms with van der Waals surface area (Å²) in [5.41, 5.74) is 7.16. The van der Waals surface area contributed by atoms with Crippen molar-refractivity contribution in [1.29, 1.82) is 0 Å². The van der Waals surface area contributed by atoms with E-state index in [-0.39, 0.29) is 19.0 Å². The van der Waals surface area contributed by atoms with E-state index in [9.17, 15) is 19.5 Å². The van der Waals surface area contributed by atoms with Gasteiger partial charge in [0.1, 0.15) is 17.2 Å². The van der Waals surface area contributed by atoms with Crippen molar-refractivity contribution in [3.8, 4) is 0 Å². The fraction of sp³-hybridized carbons (Fsp3) is 0.444. The summed E-state index contributed by atoms with van der Waals surface area (Å²) >= 11 is 1.65. The highest BCUT2D eigenvalue weighted by molar-refractivity contribution is 7.09. The van der Waals surface area contributed by atoms with Crippen molar-refractivity contribution >= 4 is 47.5 Å². The molecule has 0 aromatic carbocycles. The predicted molar refractivity (Wildman–Crippen MR) is 112 cm³/mol. The third-order valence-electron chi connectivity index (χ3n) is 4.12. The van der Waals surface area contributed by atoms with E-state index >= 15 is 0 Å². The van der Waals surface area contributed by atoms with Gasteiger partial charge in [-0.05, 0) is 6.92 Å². The van der Waals surface area contributed by atoms with Crippen LogP contribution in [0.15, 0.2) is 11.7 Å². The van der Waals surface area contributed by atoms with Crippen LogP contribution in [0.3, 0.4) is 0 Å². The summed E-state index contributed by atoms with van der Waals surface area (Å²) in [5.74, 6) is -4.13. The molecule has 0 saturated carbocycles. The molecule has 0 aliphatic heterocycles. The van der Waals surface area contributed by atoms with E-state index in [2.05, 4.69) is 14.5 Å². The Balaban J connectivity index is 0.000000617. The molecule has 0 saturated heterocycles. The van der Waals surface area contributed by atoms with Gasteiger partial charge >= 0.3 is 11.9 Å². The van der Waals surface area contributed by atoms with E-state index in [1.807, 2.05) is 19.4 Å². The summed E-state index contributed by atoms with van der Waals surface area (Å²) in [6.45, 7) is 4.71. The smallest absolute Gasteiger partial charge is 0.306 e. The van der Waals surface area contributed by atoms with Gasteiger partial charge in [0.15, 0.2) is 12.2 Å².